The van der Waals surface area contributed by atoms with E-state index in [4.69, 9.17) is 0 Å². The van der Waals surface area contributed by atoms with Gasteiger partial charge >= 0.3 is 0 Å². The first-order chi connectivity index (χ1) is 23.6. The van der Waals surface area contributed by atoms with E-state index < -0.39 is 0 Å². The topological polar surface area (TPSA) is 0 Å². The fourth-order valence-electron chi connectivity index (χ4n) is 9.13. The van der Waals surface area contributed by atoms with Crippen molar-refractivity contribution in [1.82, 2.24) is 0 Å². The first kappa shape index (κ1) is 35.4. The van der Waals surface area contributed by atoms with Crippen LogP contribution in [0.3, 0.4) is 0 Å². The number of hydrogen-bond donors (Lipinski definition) is 0. The summed E-state index contributed by atoms with van der Waals surface area (Å²) in [4.78, 5) is 0. The van der Waals surface area contributed by atoms with Gasteiger partial charge in [0.05, 0.1) is 0 Å². The zero-order chi connectivity index (χ0) is 35.0. The van der Waals surface area contributed by atoms with E-state index in [2.05, 4.69) is 154 Å². The normalized spacial score (nSPS) is 17.2. The Labute approximate surface area is 301 Å². The highest BCUT2D eigenvalue weighted by Crippen LogP contribution is 2.51. The zero-order valence-electron chi connectivity index (χ0n) is 32.1. The molecule has 4 aromatic carbocycles. The van der Waals surface area contributed by atoms with Crippen molar-refractivity contribution in [2.45, 2.75) is 118 Å². The predicted octanol–water partition coefficient (Wildman–Crippen LogP) is 13.4. The van der Waals surface area contributed by atoms with Crippen molar-refractivity contribution in [1.29, 1.82) is 0 Å². The van der Waals surface area contributed by atoms with E-state index in [1.807, 2.05) is 0 Å². The third kappa shape index (κ3) is 6.61. The number of hydrogen-bond acceptors (Lipinski definition) is 0. The van der Waals surface area contributed by atoms with Gasteiger partial charge in [-0.25, -0.2) is 0 Å². The minimum Gasteiger partial charge on any atom is -0.0620 e. The molecule has 4 aromatic rings. The maximum atomic E-state index is 2.63. The summed E-state index contributed by atoms with van der Waals surface area (Å²) in [5.41, 5.74) is 21.3. The van der Waals surface area contributed by atoms with Crippen molar-refractivity contribution in [3.63, 3.8) is 0 Å². The number of aryl methyl sites for hydroxylation is 2. The van der Waals surface area contributed by atoms with Crippen LogP contribution in [-0.2, 0) is 12.8 Å². The van der Waals surface area contributed by atoms with Crippen molar-refractivity contribution < 1.29 is 0 Å². The Balaban J connectivity index is 1.36. The first-order valence-corrected chi connectivity index (χ1v) is 21.5. The van der Waals surface area contributed by atoms with Gasteiger partial charge in [0, 0.05) is 21.4 Å². The Hall–Kier alpha value is -3.42. The van der Waals surface area contributed by atoms with E-state index in [-0.39, 0.29) is 9.52 Å². The third-order valence-corrected chi connectivity index (χ3v) is 13.7. The molecule has 2 unspecified atom stereocenters. The minimum absolute atomic E-state index is 0.361. The minimum atomic E-state index is -0.361. The molecule has 0 spiro atoms. The van der Waals surface area contributed by atoms with Crippen molar-refractivity contribution in [3.05, 3.63) is 128 Å². The molecule has 1 heteroatoms. The van der Waals surface area contributed by atoms with E-state index in [1.165, 1.54) is 67.7 Å². The van der Waals surface area contributed by atoms with Crippen LogP contribution in [0.2, 0.25) is 12.1 Å². The van der Waals surface area contributed by atoms with Gasteiger partial charge in [0.25, 0.3) is 0 Å². The van der Waals surface area contributed by atoms with Gasteiger partial charge in [-0.05, 0) is 103 Å². The Bertz CT molecular complexity index is 1740. The molecule has 2 atom stereocenters. The van der Waals surface area contributed by atoms with E-state index in [1.54, 1.807) is 22.3 Å². The van der Waals surface area contributed by atoms with Crippen LogP contribution >= 0.6 is 0 Å². The molecule has 0 heterocycles. The molecule has 6 rings (SSSR count). The largest absolute Gasteiger partial charge is 0.0620 e. The van der Waals surface area contributed by atoms with E-state index in [9.17, 15) is 0 Å². The number of allylic oxidation sites excluding steroid dienone is 2. The van der Waals surface area contributed by atoms with Crippen molar-refractivity contribution in [3.8, 4) is 22.3 Å². The maximum absolute atomic E-state index is 2.63. The standard InChI is InChI=1S/C48H60Si/c1-11-33-17-13-15-19-37(33)47-35(29(3)4)21-23-39-43(47)25-41(31(7)8)45(39)27-49-28-46-40-24-22-36(30(5)6)48(44(40)26-42(46)32(9)10)38-20-16-14-18-34(38)12-2/h13-26,29-32,45-46H,11-12,27-28,49H2,1-10H3. The van der Waals surface area contributed by atoms with Crippen LogP contribution in [0.4, 0.5) is 0 Å². The molecular formula is C48H60Si. The number of rotatable bonds is 12. The van der Waals surface area contributed by atoms with Gasteiger partial charge in [-0.3, -0.25) is 0 Å². The van der Waals surface area contributed by atoms with Gasteiger partial charge in [0.1, 0.15) is 0 Å². The molecule has 0 saturated heterocycles. The highest BCUT2D eigenvalue weighted by molar-refractivity contribution is 6.36. The maximum Gasteiger partial charge on any atom is 0.0218 e. The van der Waals surface area contributed by atoms with Crippen LogP contribution in [0.15, 0.2) is 83.9 Å². The van der Waals surface area contributed by atoms with Crippen molar-refractivity contribution in [2.75, 3.05) is 0 Å². The first-order valence-electron chi connectivity index (χ1n) is 19.5. The summed E-state index contributed by atoms with van der Waals surface area (Å²) in [6.07, 6.45) is 7.38. The van der Waals surface area contributed by atoms with Crippen LogP contribution in [0.1, 0.15) is 137 Å². The summed E-state index contributed by atoms with van der Waals surface area (Å²) in [6.45, 7) is 23.7. The molecular weight excluding hydrogens is 605 g/mol. The van der Waals surface area contributed by atoms with E-state index >= 15 is 0 Å². The van der Waals surface area contributed by atoms with Crippen LogP contribution < -0.4 is 0 Å². The second-order valence-corrected chi connectivity index (χ2v) is 17.9. The van der Waals surface area contributed by atoms with Gasteiger partial charge in [0.2, 0.25) is 0 Å². The lowest BCUT2D eigenvalue weighted by atomic mass is 9.83. The summed E-state index contributed by atoms with van der Waals surface area (Å²) < 4.78 is 0. The van der Waals surface area contributed by atoms with Gasteiger partial charge in [0.15, 0.2) is 0 Å². The number of benzene rings is 4. The smallest absolute Gasteiger partial charge is 0.0218 e. The summed E-state index contributed by atoms with van der Waals surface area (Å²) in [5, 5.41) is 0. The highest BCUT2D eigenvalue weighted by Gasteiger charge is 2.33. The summed E-state index contributed by atoms with van der Waals surface area (Å²) in [5.74, 6) is 3.19. The summed E-state index contributed by atoms with van der Waals surface area (Å²) in [7, 11) is -0.361. The average Bonchev–Trinajstić information content (AvgIpc) is 3.66. The van der Waals surface area contributed by atoms with Crippen molar-refractivity contribution in [2.24, 2.45) is 11.8 Å². The molecule has 0 aromatic heterocycles. The molecule has 0 fully saturated rings. The van der Waals surface area contributed by atoms with Gasteiger partial charge in [-0.2, -0.15) is 0 Å². The number of fused-ring (bicyclic) bond motifs is 2. The van der Waals surface area contributed by atoms with Crippen LogP contribution in [0.25, 0.3) is 34.4 Å². The molecule has 0 saturated carbocycles. The average molecular weight is 665 g/mol. The molecule has 2 aliphatic rings. The Morgan fingerprint density at radius 3 is 1.22 bits per heavy atom. The predicted molar refractivity (Wildman–Crippen MR) is 220 cm³/mol. The van der Waals surface area contributed by atoms with Gasteiger partial charge in [-0.1, -0.05) is 177 Å². The fraction of sp³-hybridized carbons (Fsp3) is 0.417. The lowest BCUT2D eigenvalue weighted by molar-refractivity contribution is 0.686. The van der Waals surface area contributed by atoms with Crippen LogP contribution in [0, 0.1) is 11.8 Å². The Morgan fingerprint density at radius 2 is 0.878 bits per heavy atom. The summed E-state index contributed by atoms with van der Waals surface area (Å²) in [6, 6.07) is 31.0. The Kier molecular flexibility index (Phi) is 10.7. The molecule has 0 N–H and O–H groups in total. The van der Waals surface area contributed by atoms with Crippen LogP contribution in [-0.4, -0.2) is 9.52 Å². The lowest BCUT2D eigenvalue weighted by Gasteiger charge is -2.25. The monoisotopic (exact) mass is 664 g/mol. The molecule has 0 radical (unpaired) electrons. The zero-order valence-corrected chi connectivity index (χ0v) is 33.5. The second kappa shape index (κ2) is 14.8. The molecule has 0 aliphatic heterocycles. The molecule has 49 heavy (non-hydrogen) atoms. The molecule has 0 nitrogen and oxygen atoms in total. The van der Waals surface area contributed by atoms with Gasteiger partial charge in [-0.15, -0.1) is 0 Å². The SMILES string of the molecule is CCc1ccccc1-c1c(C(C)C)ccc2c1C=C(C(C)C)C2C[SiH2]CC1C(C(C)C)=Cc2c1ccc(C(C)C)c2-c1ccccc1CC. The van der Waals surface area contributed by atoms with Crippen molar-refractivity contribution >= 4 is 21.7 Å². The van der Waals surface area contributed by atoms with Gasteiger partial charge < -0.3 is 0 Å². The highest BCUT2D eigenvalue weighted by atomic mass is 28.2. The van der Waals surface area contributed by atoms with Crippen LogP contribution in [0.5, 0.6) is 0 Å². The van der Waals surface area contributed by atoms with E-state index in [0.717, 1.165) is 12.8 Å². The second-order valence-electron chi connectivity index (χ2n) is 16.0. The third-order valence-electron chi connectivity index (χ3n) is 11.7. The molecule has 0 amide bonds. The molecule has 256 valence electrons. The summed E-state index contributed by atoms with van der Waals surface area (Å²) >= 11 is 0. The fourth-order valence-corrected chi connectivity index (χ4v) is 11.5. The van der Waals surface area contributed by atoms with E-state index in [0.29, 0.717) is 35.5 Å². The molecule has 0 bridgehead atoms. The quantitative estimate of drug-likeness (QED) is 0.132. The Morgan fingerprint density at radius 1 is 0.490 bits per heavy atom. The molecule has 2 aliphatic carbocycles. The lowest BCUT2D eigenvalue weighted by Crippen LogP contribution is -2.12.